The Morgan fingerprint density at radius 1 is 1.36 bits per heavy atom. The number of hydrogen-bond donors (Lipinski definition) is 1. The summed E-state index contributed by atoms with van der Waals surface area (Å²) in [5.74, 6) is -0.279. The van der Waals surface area contributed by atoms with Crippen LogP contribution in [-0.2, 0) is 11.2 Å². The van der Waals surface area contributed by atoms with Gasteiger partial charge in [0.2, 0.25) is 5.91 Å². The van der Waals surface area contributed by atoms with Crippen LogP contribution in [0.15, 0.2) is 30.3 Å². The lowest BCUT2D eigenvalue weighted by molar-refractivity contribution is -0.122. The van der Waals surface area contributed by atoms with E-state index in [2.05, 4.69) is 0 Å². The fraction of sp³-hybridized carbons (Fsp3) is 0.364. The Bertz CT molecular complexity index is 295. The molecule has 0 spiro atoms. The second-order valence-electron chi connectivity index (χ2n) is 3.57. The van der Waals surface area contributed by atoms with Crippen molar-refractivity contribution in [1.82, 2.24) is 4.90 Å². The van der Waals surface area contributed by atoms with Gasteiger partial charge in [-0.3, -0.25) is 9.69 Å². The summed E-state index contributed by atoms with van der Waals surface area (Å²) in [4.78, 5) is 13.0. The van der Waals surface area contributed by atoms with Crippen LogP contribution in [0.2, 0.25) is 0 Å². The van der Waals surface area contributed by atoms with E-state index in [1.165, 1.54) is 0 Å². The summed E-state index contributed by atoms with van der Waals surface area (Å²) in [6.45, 7) is 0. The van der Waals surface area contributed by atoms with Crippen LogP contribution in [0.4, 0.5) is 0 Å². The third-order valence-corrected chi connectivity index (χ3v) is 2.22. The van der Waals surface area contributed by atoms with Crippen LogP contribution in [0.25, 0.3) is 0 Å². The van der Waals surface area contributed by atoms with Gasteiger partial charge >= 0.3 is 0 Å². The first-order valence-electron chi connectivity index (χ1n) is 4.61. The number of nitrogens with two attached hydrogens (primary N) is 1. The normalized spacial score (nSPS) is 12.8. The lowest BCUT2D eigenvalue weighted by Gasteiger charge is -2.20. The third kappa shape index (κ3) is 2.85. The number of carbonyl (C=O) groups excluding carboxylic acids is 1. The molecule has 0 unspecified atom stereocenters. The number of amides is 1. The van der Waals surface area contributed by atoms with E-state index in [0.29, 0.717) is 6.42 Å². The van der Waals surface area contributed by atoms with E-state index in [-0.39, 0.29) is 11.9 Å². The van der Waals surface area contributed by atoms with Gasteiger partial charge in [0.15, 0.2) is 0 Å². The summed E-state index contributed by atoms with van der Waals surface area (Å²) in [7, 11) is 3.72. The van der Waals surface area contributed by atoms with E-state index in [1.807, 2.05) is 49.3 Å². The van der Waals surface area contributed by atoms with Crippen LogP contribution in [0.3, 0.4) is 0 Å². The molecular formula is C11H16N2O. The summed E-state index contributed by atoms with van der Waals surface area (Å²) in [6.07, 6.45) is 0.670. The summed E-state index contributed by atoms with van der Waals surface area (Å²) < 4.78 is 0. The predicted octanol–water partition coefficient (Wildman–Crippen LogP) is 0.645. The van der Waals surface area contributed by atoms with Gasteiger partial charge in [-0.25, -0.2) is 0 Å². The first-order chi connectivity index (χ1) is 6.61. The molecular weight excluding hydrogens is 176 g/mol. The molecule has 0 aliphatic heterocycles. The van der Waals surface area contributed by atoms with E-state index in [9.17, 15) is 4.79 Å². The fourth-order valence-corrected chi connectivity index (χ4v) is 1.38. The van der Waals surface area contributed by atoms with Crippen molar-refractivity contribution in [3.8, 4) is 0 Å². The number of hydrogen-bond acceptors (Lipinski definition) is 2. The number of nitrogens with zero attached hydrogens (tertiary/aromatic N) is 1. The van der Waals surface area contributed by atoms with Gasteiger partial charge in [0.1, 0.15) is 0 Å². The molecule has 0 saturated carbocycles. The van der Waals surface area contributed by atoms with Crippen molar-refractivity contribution >= 4 is 5.91 Å². The molecule has 0 fully saturated rings. The van der Waals surface area contributed by atoms with Crippen molar-refractivity contribution in [3.63, 3.8) is 0 Å². The second-order valence-corrected chi connectivity index (χ2v) is 3.57. The lowest BCUT2D eigenvalue weighted by Crippen LogP contribution is -2.41. The largest absolute Gasteiger partial charge is 0.368 e. The van der Waals surface area contributed by atoms with Gasteiger partial charge in [0.25, 0.3) is 0 Å². The third-order valence-electron chi connectivity index (χ3n) is 2.22. The minimum atomic E-state index is -0.279. The van der Waals surface area contributed by atoms with Gasteiger partial charge in [0, 0.05) is 0 Å². The van der Waals surface area contributed by atoms with Gasteiger partial charge in [0.05, 0.1) is 6.04 Å². The summed E-state index contributed by atoms with van der Waals surface area (Å²) in [5.41, 5.74) is 6.43. The minimum Gasteiger partial charge on any atom is -0.368 e. The van der Waals surface area contributed by atoms with E-state index >= 15 is 0 Å². The molecule has 76 valence electrons. The Kier molecular flexibility index (Phi) is 3.65. The SMILES string of the molecule is CN(C)[C@@H](Cc1ccccc1)C(N)=O. The molecule has 14 heavy (non-hydrogen) atoms. The molecule has 0 aliphatic rings. The molecule has 1 atom stereocenters. The fourth-order valence-electron chi connectivity index (χ4n) is 1.38. The van der Waals surface area contributed by atoms with Gasteiger partial charge in [-0.1, -0.05) is 30.3 Å². The maximum absolute atomic E-state index is 11.1. The average Bonchev–Trinajstić information content (AvgIpc) is 2.15. The predicted molar refractivity (Wildman–Crippen MR) is 56.8 cm³/mol. The van der Waals surface area contributed by atoms with Crippen molar-refractivity contribution in [2.45, 2.75) is 12.5 Å². The summed E-state index contributed by atoms with van der Waals surface area (Å²) in [5, 5.41) is 0. The first kappa shape index (κ1) is 10.7. The van der Waals surface area contributed by atoms with Crippen LogP contribution in [0.5, 0.6) is 0 Å². The topological polar surface area (TPSA) is 46.3 Å². The molecule has 0 radical (unpaired) electrons. The number of primary amides is 1. The highest BCUT2D eigenvalue weighted by molar-refractivity contribution is 5.80. The van der Waals surface area contributed by atoms with Crippen molar-refractivity contribution in [1.29, 1.82) is 0 Å². The van der Waals surface area contributed by atoms with E-state index in [1.54, 1.807) is 0 Å². The maximum Gasteiger partial charge on any atom is 0.235 e. The van der Waals surface area contributed by atoms with Crippen molar-refractivity contribution in [3.05, 3.63) is 35.9 Å². The number of rotatable bonds is 4. The Morgan fingerprint density at radius 2 is 1.93 bits per heavy atom. The van der Waals surface area contributed by atoms with E-state index in [0.717, 1.165) is 5.56 Å². The summed E-state index contributed by atoms with van der Waals surface area (Å²) in [6, 6.07) is 9.65. The van der Waals surface area contributed by atoms with Gasteiger partial charge in [-0.15, -0.1) is 0 Å². The highest BCUT2D eigenvalue weighted by Gasteiger charge is 2.17. The zero-order valence-corrected chi connectivity index (χ0v) is 8.60. The molecule has 1 aromatic rings. The molecule has 3 heteroatoms. The van der Waals surface area contributed by atoms with E-state index < -0.39 is 0 Å². The van der Waals surface area contributed by atoms with Crippen LogP contribution < -0.4 is 5.73 Å². The monoisotopic (exact) mass is 192 g/mol. The van der Waals surface area contributed by atoms with Crippen molar-refractivity contribution in [2.24, 2.45) is 5.73 Å². The molecule has 1 rings (SSSR count). The minimum absolute atomic E-state index is 0.225. The molecule has 0 aliphatic carbocycles. The molecule has 1 amide bonds. The van der Waals surface area contributed by atoms with Crippen LogP contribution in [0, 0.1) is 0 Å². The number of likely N-dealkylation sites (N-methyl/N-ethyl adjacent to an activating group) is 1. The quantitative estimate of drug-likeness (QED) is 0.761. The van der Waals surface area contributed by atoms with Crippen molar-refractivity contribution < 1.29 is 4.79 Å². The molecule has 0 saturated heterocycles. The zero-order valence-electron chi connectivity index (χ0n) is 8.60. The van der Waals surface area contributed by atoms with Crippen molar-refractivity contribution in [2.75, 3.05) is 14.1 Å². The lowest BCUT2D eigenvalue weighted by atomic mass is 10.1. The Morgan fingerprint density at radius 3 is 2.36 bits per heavy atom. The molecule has 0 heterocycles. The highest BCUT2D eigenvalue weighted by atomic mass is 16.1. The molecule has 0 bridgehead atoms. The molecule has 1 aromatic carbocycles. The first-order valence-corrected chi connectivity index (χ1v) is 4.61. The average molecular weight is 192 g/mol. The molecule has 2 N–H and O–H groups in total. The smallest absolute Gasteiger partial charge is 0.235 e. The molecule has 0 aromatic heterocycles. The Balaban J connectivity index is 2.70. The Hall–Kier alpha value is -1.35. The van der Waals surface area contributed by atoms with Gasteiger partial charge in [-0.2, -0.15) is 0 Å². The van der Waals surface area contributed by atoms with Crippen LogP contribution in [0.1, 0.15) is 5.56 Å². The van der Waals surface area contributed by atoms with E-state index in [4.69, 9.17) is 5.73 Å². The van der Waals surface area contributed by atoms with Gasteiger partial charge in [-0.05, 0) is 26.1 Å². The van der Waals surface area contributed by atoms with Gasteiger partial charge < -0.3 is 5.73 Å². The van der Waals surface area contributed by atoms with Crippen LogP contribution >= 0.6 is 0 Å². The maximum atomic E-state index is 11.1. The van der Waals surface area contributed by atoms with Crippen LogP contribution in [-0.4, -0.2) is 30.9 Å². The number of carbonyl (C=O) groups is 1. The zero-order chi connectivity index (χ0) is 10.6. The number of benzene rings is 1. The highest BCUT2D eigenvalue weighted by Crippen LogP contribution is 2.05. The Labute approximate surface area is 84.5 Å². The summed E-state index contributed by atoms with van der Waals surface area (Å²) >= 11 is 0. The standard InChI is InChI=1S/C11H16N2O/c1-13(2)10(11(12)14)8-9-6-4-3-5-7-9/h3-7,10H,8H2,1-2H3,(H2,12,14)/t10-/m0/s1. The second kappa shape index (κ2) is 4.77. The molecule has 3 nitrogen and oxygen atoms in total.